The van der Waals surface area contributed by atoms with Crippen LogP contribution >= 0.6 is 10.2 Å². The molecule has 0 saturated heterocycles. The topological polar surface area (TPSA) is 43.6 Å². The maximum absolute atomic E-state index is 13.6. The van der Waals surface area contributed by atoms with Crippen molar-refractivity contribution in [1.82, 2.24) is 20.2 Å². The van der Waals surface area contributed by atoms with Crippen molar-refractivity contribution in [2.75, 3.05) is 0 Å². The largest absolute Gasteiger partial charge is 0.310 e. The Morgan fingerprint density at radius 1 is 0.885 bits per heavy atom. The predicted molar refractivity (Wildman–Crippen MR) is 80.1 cm³/mol. The van der Waals surface area contributed by atoms with Gasteiger partial charge < -0.3 is 0 Å². The number of tetrazole rings is 1. The lowest BCUT2D eigenvalue weighted by molar-refractivity contribution is 0.364. The van der Waals surface area contributed by atoms with Crippen molar-refractivity contribution >= 4 is 10.2 Å². The summed E-state index contributed by atoms with van der Waals surface area (Å²) < 4.78 is 91.6. The molecule has 3 aromatic rings. The van der Waals surface area contributed by atoms with Crippen LogP contribution in [0.2, 0.25) is 0 Å². The molecule has 0 aliphatic heterocycles. The van der Waals surface area contributed by atoms with Crippen LogP contribution in [-0.4, -0.2) is 20.2 Å². The summed E-state index contributed by atoms with van der Waals surface area (Å²) in [5.41, 5.74) is -0.742. The molecule has 0 fully saturated rings. The summed E-state index contributed by atoms with van der Waals surface area (Å²) >= 11 is 0. The van der Waals surface area contributed by atoms with Crippen LogP contribution in [0.25, 0.3) is 11.4 Å². The van der Waals surface area contributed by atoms with Crippen molar-refractivity contribution in [2.24, 2.45) is 0 Å². The number of nitrogens with zero attached hydrogens (tertiary/aromatic N) is 4. The van der Waals surface area contributed by atoms with Gasteiger partial charge in [-0.15, -0.1) is 10.2 Å². The zero-order valence-electron chi connectivity index (χ0n) is 12.6. The molecular formula is C14H9F7N4S. The Morgan fingerprint density at radius 3 is 2.12 bits per heavy atom. The summed E-state index contributed by atoms with van der Waals surface area (Å²) in [6, 6.07) is 5.47. The first-order valence-electron chi connectivity index (χ1n) is 6.89. The first-order chi connectivity index (χ1) is 11.8. The average Bonchev–Trinajstić information content (AvgIpc) is 2.98. The maximum Gasteiger partial charge on any atom is 0.310 e. The van der Waals surface area contributed by atoms with Crippen LogP contribution < -0.4 is 0 Å². The Bertz CT molecular complexity index is 965. The number of hydrogen-bond donors (Lipinski definition) is 0. The molecule has 0 unspecified atom stereocenters. The SMILES string of the molecule is Fc1cccc(F)c1Cn1nnc(-c2cccc(S(F)(F)(F)(F)F)c2)n1. The van der Waals surface area contributed by atoms with Gasteiger partial charge in [-0.25, -0.2) is 8.78 Å². The molecule has 0 N–H and O–H groups in total. The molecule has 4 nitrogen and oxygen atoms in total. The van der Waals surface area contributed by atoms with E-state index in [1.807, 2.05) is 0 Å². The monoisotopic (exact) mass is 398 g/mol. The summed E-state index contributed by atoms with van der Waals surface area (Å²) in [4.78, 5) is -1.36. The molecule has 0 saturated carbocycles. The van der Waals surface area contributed by atoms with E-state index in [1.165, 1.54) is 0 Å². The summed E-state index contributed by atoms with van der Waals surface area (Å²) in [7, 11) is -9.86. The molecular weight excluding hydrogens is 389 g/mol. The second kappa shape index (κ2) is 5.19. The number of rotatable bonds is 4. The smallest absolute Gasteiger partial charge is 0.207 e. The molecule has 2 aromatic carbocycles. The third kappa shape index (κ3) is 3.79. The molecule has 0 amide bonds. The standard InChI is InChI=1S/C14H9F7N4S/c15-12-5-2-6-13(16)11(12)8-25-23-14(22-24-25)9-3-1-4-10(7-9)26(17,18,19,20)21/h1-7H,8H2. The van der Waals surface area contributed by atoms with Gasteiger partial charge in [0.05, 0.1) is 6.54 Å². The highest BCUT2D eigenvalue weighted by molar-refractivity contribution is 8.45. The Balaban J connectivity index is 1.94. The Labute approximate surface area is 142 Å². The maximum atomic E-state index is 13.6. The Kier molecular flexibility index (Phi) is 3.63. The van der Waals surface area contributed by atoms with Crippen molar-refractivity contribution in [3.63, 3.8) is 0 Å². The van der Waals surface area contributed by atoms with Crippen molar-refractivity contribution in [3.8, 4) is 11.4 Å². The summed E-state index contributed by atoms with van der Waals surface area (Å²) in [5.74, 6) is -2.14. The molecule has 140 valence electrons. The summed E-state index contributed by atoms with van der Waals surface area (Å²) in [5, 5.41) is 10.6. The van der Waals surface area contributed by atoms with Crippen LogP contribution in [0.5, 0.6) is 0 Å². The van der Waals surface area contributed by atoms with Crippen LogP contribution in [0.1, 0.15) is 5.56 Å². The Hall–Kier alpha value is -2.63. The van der Waals surface area contributed by atoms with E-state index in [1.54, 1.807) is 0 Å². The lowest BCUT2D eigenvalue weighted by Crippen LogP contribution is -2.08. The van der Waals surface area contributed by atoms with Crippen LogP contribution in [0.15, 0.2) is 47.4 Å². The van der Waals surface area contributed by atoms with Gasteiger partial charge >= 0.3 is 10.2 Å². The predicted octanol–water partition coefficient (Wildman–Crippen LogP) is 5.32. The van der Waals surface area contributed by atoms with Crippen molar-refractivity contribution < 1.29 is 28.2 Å². The summed E-state index contributed by atoms with van der Waals surface area (Å²) in [6.45, 7) is -0.479. The number of aromatic nitrogens is 4. The fraction of sp³-hybridized carbons (Fsp3) is 0.0714. The molecule has 0 atom stereocenters. The summed E-state index contributed by atoms with van der Waals surface area (Å²) in [6.07, 6.45) is 0. The number of benzene rings is 2. The van der Waals surface area contributed by atoms with Gasteiger partial charge in [-0.3, -0.25) is 0 Å². The highest BCUT2D eigenvalue weighted by Crippen LogP contribution is 3.02. The van der Waals surface area contributed by atoms with Gasteiger partial charge in [-0.2, -0.15) is 4.80 Å². The van der Waals surface area contributed by atoms with Crippen LogP contribution in [0.4, 0.5) is 28.2 Å². The molecule has 0 aliphatic rings. The van der Waals surface area contributed by atoms with Crippen LogP contribution in [0, 0.1) is 11.6 Å². The van der Waals surface area contributed by atoms with Crippen molar-refractivity contribution in [2.45, 2.75) is 11.4 Å². The van der Waals surface area contributed by atoms with Gasteiger partial charge in [0.2, 0.25) is 5.82 Å². The van der Waals surface area contributed by atoms with Crippen LogP contribution in [-0.2, 0) is 6.54 Å². The van der Waals surface area contributed by atoms with E-state index >= 15 is 0 Å². The van der Waals surface area contributed by atoms with E-state index in [4.69, 9.17) is 0 Å². The quantitative estimate of drug-likeness (QED) is 0.559. The highest BCUT2D eigenvalue weighted by atomic mass is 32.5. The molecule has 0 bridgehead atoms. The second-order valence-electron chi connectivity index (χ2n) is 5.34. The lowest BCUT2D eigenvalue weighted by Gasteiger charge is -2.40. The van der Waals surface area contributed by atoms with Gasteiger partial charge in [0.25, 0.3) is 0 Å². The number of hydrogen-bond acceptors (Lipinski definition) is 3. The van der Waals surface area contributed by atoms with Crippen molar-refractivity contribution in [1.29, 1.82) is 0 Å². The first kappa shape index (κ1) is 18.2. The van der Waals surface area contributed by atoms with Gasteiger partial charge in [-0.05, 0) is 29.5 Å². The van der Waals surface area contributed by atoms with Crippen LogP contribution in [0.3, 0.4) is 0 Å². The molecule has 0 aliphatic carbocycles. The second-order valence-corrected chi connectivity index (χ2v) is 7.75. The van der Waals surface area contributed by atoms with Gasteiger partial charge in [-0.1, -0.05) is 37.6 Å². The average molecular weight is 398 g/mol. The first-order valence-corrected chi connectivity index (χ1v) is 8.84. The van der Waals surface area contributed by atoms with E-state index in [2.05, 4.69) is 15.4 Å². The molecule has 1 aromatic heterocycles. The van der Waals surface area contributed by atoms with Gasteiger partial charge in [0.1, 0.15) is 16.5 Å². The third-order valence-electron chi connectivity index (χ3n) is 3.35. The molecule has 12 heteroatoms. The van der Waals surface area contributed by atoms with E-state index < -0.39 is 39.1 Å². The third-order valence-corrected chi connectivity index (χ3v) is 4.50. The molecule has 3 rings (SSSR count). The minimum Gasteiger partial charge on any atom is -0.207 e. The molecule has 0 radical (unpaired) electrons. The van der Waals surface area contributed by atoms with Gasteiger partial charge in [0.15, 0.2) is 0 Å². The minimum atomic E-state index is -9.86. The fourth-order valence-corrected chi connectivity index (χ4v) is 2.81. The fourth-order valence-electron chi connectivity index (χ4n) is 2.13. The van der Waals surface area contributed by atoms with E-state index in [0.717, 1.165) is 35.1 Å². The zero-order valence-corrected chi connectivity index (χ0v) is 13.4. The minimum absolute atomic E-state index is 0.201. The molecule has 0 spiro atoms. The molecule has 26 heavy (non-hydrogen) atoms. The van der Waals surface area contributed by atoms with Crippen molar-refractivity contribution in [3.05, 3.63) is 59.7 Å². The van der Waals surface area contributed by atoms with Gasteiger partial charge in [0, 0.05) is 11.1 Å². The Morgan fingerprint density at radius 2 is 1.50 bits per heavy atom. The van der Waals surface area contributed by atoms with E-state index in [-0.39, 0.29) is 23.3 Å². The lowest BCUT2D eigenvalue weighted by atomic mass is 10.2. The zero-order chi connectivity index (χ0) is 19.2. The normalized spacial score (nSPS) is 14.7. The highest BCUT2D eigenvalue weighted by Gasteiger charge is 2.65. The van der Waals surface area contributed by atoms with E-state index in [0.29, 0.717) is 0 Å². The molecule has 1 heterocycles. The number of halogens is 7. The van der Waals surface area contributed by atoms with E-state index in [9.17, 15) is 28.2 Å².